The van der Waals surface area contributed by atoms with E-state index in [9.17, 15) is 43.2 Å². The smallest absolute Gasteiger partial charge is 0.462 e. The quantitative estimate of drug-likeness (QED) is 0.0222. The second-order valence-electron chi connectivity index (χ2n) is 32.2. The van der Waals surface area contributed by atoms with Crippen molar-refractivity contribution in [3.63, 3.8) is 0 Å². The van der Waals surface area contributed by atoms with E-state index in [0.29, 0.717) is 25.7 Å². The standard InChI is InChI=1S/C87H170O17P2/c1-7-9-11-13-15-17-19-21-22-23-24-25-26-27-28-29-33-41-47-53-59-65-71-86(91)103-82(76-98-85(90)70-64-58-52-46-40-34-30-32-37-43-49-55-61-67-79(3)4)77-101-105(93,94)99-73-81(88)74-100-106(95,96)102-78-83(75-97-84(89)69-63-57-51-45-39-31-20-18-16-14-12-10-8-2)104-87(92)72-66-60-54-48-42-36-35-38-44-50-56-62-68-80(5)6/h79-83,88H,7-78H2,1-6H3,(H,93,94)(H,95,96)/t81-,82-,83-/m1/s1. The van der Waals surface area contributed by atoms with E-state index in [4.69, 9.17) is 37.0 Å². The Morgan fingerprint density at radius 2 is 0.434 bits per heavy atom. The first-order valence-corrected chi connectivity index (χ1v) is 48.0. The zero-order valence-electron chi connectivity index (χ0n) is 69.7. The number of esters is 4. The average Bonchev–Trinajstić information content (AvgIpc) is 0.900. The van der Waals surface area contributed by atoms with Gasteiger partial charge in [-0.3, -0.25) is 37.3 Å². The maximum atomic E-state index is 13.2. The molecular formula is C87H170O17P2. The molecule has 0 aliphatic carbocycles. The number of hydrogen-bond acceptors (Lipinski definition) is 15. The third kappa shape index (κ3) is 80.1. The topological polar surface area (TPSA) is 237 Å². The van der Waals surface area contributed by atoms with Gasteiger partial charge in [-0.05, 0) is 37.5 Å². The van der Waals surface area contributed by atoms with Gasteiger partial charge in [-0.25, -0.2) is 9.13 Å². The van der Waals surface area contributed by atoms with Crippen LogP contribution in [-0.2, 0) is 65.4 Å². The van der Waals surface area contributed by atoms with Crippen LogP contribution in [-0.4, -0.2) is 96.7 Å². The highest BCUT2D eigenvalue weighted by Crippen LogP contribution is 2.45. The number of carbonyl (C=O) groups excluding carboxylic acids is 4. The van der Waals surface area contributed by atoms with E-state index in [1.54, 1.807) is 0 Å². The van der Waals surface area contributed by atoms with Crippen LogP contribution in [0.1, 0.15) is 465 Å². The summed E-state index contributed by atoms with van der Waals surface area (Å²) in [4.78, 5) is 73.3. The third-order valence-electron chi connectivity index (χ3n) is 20.5. The number of carbonyl (C=O) groups is 4. The van der Waals surface area contributed by atoms with Crippen molar-refractivity contribution in [3.05, 3.63) is 0 Å². The molecule has 5 atom stereocenters. The summed E-state index contributed by atoms with van der Waals surface area (Å²) in [6, 6.07) is 0. The summed E-state index contributed by atoms with van der Waals surface area (Å²) in [5.74, 6) is -0.532. The molecule has 0 spiro atoms. The maximum absolute atomic E-state index is 13.2. The van der Waals surface area contributed by atoms with Gasteiger partial charge in [0.1, 0.15) is 19.3 Å². The lowest BCUT2D eigenvalue weighted by Crippen LogP contribution is -2.30. The van der Waals surface area contributed by atoms with E-state index in [1.807, 2.05) is 0 Å². The summed E-state index contributed by atoms with van der Waals surface area (Å²) >= 11 is 0. The van der Waals surface area contributed by atoms with E-state index in [2.05, 4.69) is 41.5 Å². The highest BCUT2D eigenvalue weighted by molar-refractivity contribution is 7.47. The van der Waals surface area contributed by atoms with Crippen molar-refractivity contribution in [2.45, 2.75) is 484 Å². The molecule has 0 saturated heterocycles. The fourth-order valence-electron chi connectivity index (χ4n) is 13.6. The van der Waals surface area contributed by atoms with E-state index in [1.165, 1.54) is 283 Å². The minimum Gasteiger partial charge on any atom is -0.462 e. The number of phosphoric ester groups is 2. The molecule has 3 N–H and O–H groups in total. The molecule has 630 valence electrons. The third-order valence-corrected chi connectivity index (χ3v) is 22.4. The van der Waals surface area contributed by atoms with E-state index < -0.39 is 97.5 Å². The Hall–Kier alpha value is -1.94. The molecule has 0 radical (unpaired) electrons. The van der Waals surface area contributed by atoms with Crippen LogP contribution in [0, 0.1) is 11.8 Å². The van der Waals surface area contributed by atoms with Crippen LogP contribution < -0.4 is 0 Å². The van der Waals surface area contributed by atoms with Crippen molar-refractivity contribution >= 4 is 39.5 Å². The van der Waals surface area contributed by atoms with Gasteiger partial charge >= 0.3 is 39.5 Å². The first kappa shape index (κ1) is 104. The molecule has 0 aromatic carbocycles. The first-order chi connectivity index (χ1) is 51.4. The summed E-state index contributed by atoms with van der Waals surface area (Å²) in [7, 11) is -9.93. The van der Waals surface area contributed by atoms with Crippen molar-refractivity contribution in [1.82, 2.24) is 0 Å². The molecule has 0 fully saturated rings. The fourth-order valence-corrected chi connectivity index (χ4v) is 15.2. The van der Waals surface area contributed by atoms with Crippen molar-refractivity contribution in [2.24, 2.45) is 11.8 Å². The minimum absolute atomic E-state index is 0.108. The molecular weight excluding hydrogens is 1380 g/mol. The normalized spacial score (nSPS) is 13.8. The van der Waals surface area contributed by atoms with Crippen LogP contribution in [0.25, 0.3) is 0 Å². The summed E-state index contributed by atoms with van der Waals surface area (Å²) in [6.45, 7) is 9.71. The Kier molecular flexibility index (Phi) is 76.9. The lowest BCUT2D eigenvalue weighted by atomic mass is 10.0. The van der Waals surface area contributed by atoms with Crippen molar-refractivity contribution in [1.29, 1.82) is 0 Å². The van der Waals surface area contributed by atoms with E-state index in [-0.39, 0.29) is 25.7 Å². The number of rotatable bonds is 86. The molecule has 17 nitrogen and oxygen atoms in total. The van der Waals surface area contributed by atoms with Crippen molar-refractivity contribution in [3.8, 4) is 0 Å². The Bertz CT molecular complexity index is 2030. The van der Waals surface area contributed by atoms with Gasteiger partial charge in [-0.2, -0.15) is 0 Å². The zero-order chi connectivity index (χ0) is 77.8. The van der Waals surface area contributed by atoms with Gasteiger partial charge in [0, 0.05) is 25.7 Å². The van der Waals surface area contributed by atoms with Gasteiger partial charge in [-0.1, -0.05) is 414 Å². The molecule has 0 saturated carbocycles. The van der Waals surface area contributed by atoms with Crippen molar-refractivity contribution in [2.75, 3.05) is 39.6 Å². The van der Waals surface area contributed by atoms with Crippen molar-refractivity contribution < 1.29 is 80.2 Å². The van der Waals surface area contributed by atoms with E-state index in [0.717, 1.165) is 102 Å². The van der Waals surface area contributed by atoms with Gasteiger partial charge in [0.15, 0.2) is 12.2 Å². The average molecular weight is 1550 g/mol. The summed E-state index contributed by atoms with van der Waals surface area (Å²) in [5, 5.41) is 10.7. The molecule has 0 aliphatic rings. The number of phosphoric acid groups is 2. The Labute approximate surface area is 651 Å². The molecule has 0 aliphatic heterocycles. The van der Waals surface area contributed by atoms with Crippen LogP contribution in [0.5, 0.6) is 0 Å². The van der Waals surface area contributed by atoms with E-state index >= 15 is 0 Å². The summed E-state index contributed by atoms with van der Waals surface area (Å²) < 4.78 is 69.0. The predicted molar refractivity (Wildman–Crippen MR) is 437 cm³/mol. The molecule has 0 bridgehead atoms. The fraction of sp³-hybridized carbons (Fsp3) is 0.954. The van der Waals surface area contributed by atoms with Crippen LogP contribution in [0.3, 0.4) is 0 Å². The Morgan fingerprint density at radius 3 is 0.642 bits per heavy atom. The highest BCUT2D eigenvalue weighted by Gasteiger charge is 2.30. The van der Waals surface area contributed by atoms with Crippen LogP contribution in [0.15, 0.2) is 0 Å². The minimum atomic E-state index is -4.97. The predicted octanol–water partition coefficient (Wildman–Crippen LogP) is 26.6. The first-order valence-electron chi connectivity index (χ1n) is 45.0. The maximum Gasteiger partial charge on any atom is 0.472 e. The summed E-state index contributed by atoms with van der Waals surface area (Å²) in [6.07, 6.45) is 70.8. The molecule has 0 aromatic rings. The molecule has 0 aromatic heterocycles. The largest absolute Gasteiger partial charge is 0.472 e. The number of unbranched alkanes of at least 4 members (excludes halogenated alkanes) is 56. The molecule has 0 amide bonds. The van der Waals surface area contributed by atoms with Crippen LogP contribution in [0.4, 0.5) is 0 Å². The zero-order valence-corrected chi connectivity index (χ0v) is 71.5. The Balaban J connectivity index is 5.24. The van der Waals surface area contributed by atoms with Gasteiger partial charge in [0.05, 0.1) is 26.4 Å². The van der Waals surface area contributed by atoms with Gasteiger partial charge in [0.25, 0.3) is 0 Å². The molecule has 2 unspecified atom stereocenters. The monoisotopic (exact) mass is 1550 g/mol. The second-order valence-corrected chi connectivity index (χ2v) is 35.1. The SMILES string of the molecule is CCCCCCCCCCCCCCCCCCCCCCCCC(=O)O[C@H](COC(=O)CCCCCCCCCCCCCCCC(C)C)COP(=O)(O)OC[C@@H](O)COP(=O)(O)OC[C@@H](COC(=O)CCCCCCCCCCCCCCC)OC(=O)CCCCCCCCCCCCCCC(C)C. The molecule has 19 heteroatoms. The summed E-state index contributed by atoms with van der Waals surface area (Å²) in [5.41, 5.74) is 0. The van der Waals surface area contributed by atoms with Crippen LogP contribution in [0.2, 0.25) is 0 Å². The van der Waals surface area contributed by atoms with Gasteiger partial charge in [-0.15, -0.1) is 0 Å². The highest BCUT2D eigenvalue weighted by atomic mass is 31.2. The number of hydrogen-bond donors (Lipinski definition) is 3. The Morgan fingerprint density at radius 1 is 0.255 bits per heavy atom. The van der Waals surface area contributed by atoms with Gasteiger partial charge < -0.3 is 33.8 Å². The second kappa shape index (κ2) is 78.3. The lowest BCUT2D eigenvalue weighted by molar-refractivity contribution is -0.161. The number of aliphatic hydroxyl groups is 1. The van der Waals surface area contributed by atoms with Gasteiger partial charge in [0.2, 0.25) is 0 Å². The van der Waals surface area contributed by atoms with Crippen LogP contribution >= 0.6 is 15.6 Å². The molecule has 0 rings (SSSR count). The number of ether oxygens (including phenoxy) is 4. The lowest BCUT2D eigenvalue weighted by Gasteiger charge is -2.21. The molecule has 106 heavy (non-hydrogen) atoms. The number of aliphatic hydroxyl groups excluding tert-OH is 1. The molecule has 0 heterocycles.